The molecular formula is C10H11N3O5. The molecule has 1 aromatic heterocycles. The number of ether oxygens (including phenoxy) is 2. The zero-order chi connectivity index (χ0) is 13.5. The molecule has 0 saturated heterocycles. The van der Waals surface area contributed by atoms with Crippen molar-refractivity contribution in [3.63, 3.8) is 0 Å². The van der Waals surface area contributed by atoms with Gasteiger partial charge in [0.1, 0.15) is 6.20 Å². The van der Waals surface area contributed by atoms with E-state index in [1.807, 2.05) is 0 Å². The van der Waals surface area contributed by atoms with E-state index in [1.165, 1.54) is 13.2 Å². The molecule has 1 rings (SSSR count). The van der Waals surface area contributed by atoms with Crippen molar-refractivity contribution in [3.05, 3.63) is 28.2 Å². The van der Waals surface area contributed by atoms with Gasteiger partial charge in [-0.15, -0.1) is 0 Å². The molecule has 96 valence electrons. The van der Waals surface area contributed by atoms with Crippen LogP contribution in [0.25, 0.3) is 6.08 Å². The van der Waals surface area contributed by atoms with Gasteiger partial charge in [-0.2, -0.15) is 4.98 Å². The summed E-state index contributed by atoms with van der Waals surface area (Å²) in [5, 5.41) is 10.6. The van der Waals surface area contributed by atoms with Crippen molar-refractivity contribution < 1.29 is 19.2 Å². The Morgan fingerprint density at radius 2 is 2.33 bits per heavy atom. The predicted molar refractivity (Wildman–Crippen MR) is 60.9 cm³/mol. The molecule has 1 heterocycles. The smallest absolute Gasteiger partial charge is 0.349 e. The fourth-order valence-electron chi connectivity index (χ4n) is 1.06. The Hall–Kier alpha value is -2.51. The lowest BCUT2D eigenvalue weighted by Gasteiger charge is -2.00. The Morgan fingerprint density at radius 3 is 2.89 bits per heavy atom. The van der Waals surface area contributed by atoms with Gasteiger partial charge in [0.2, 0.25) is 0 Å². The third kappa shape index (κ3) is 3.51. The number of nitrogens with zero attached hydrogens (tertiary/aromatic N) is 3. The van der Waals surface area contributed by atoms with Gasteiger partial charge in [-0.1, -0.05) is 0 Å². The summed E-state index contributed by atoms with van der Waals surface area (Å²) in [7, 11) is 1.26. The van der Waals surface area contributed by atoms with Crippen LogP contribution >= 0.6 is 0 Å². The first-order chi connectivity index (χ1) is 8.58. The molecule has 0 amide bonds. The third-order valence-corrected chi connectivity index (χ3v) is 1.80. The molecule has 0 aromatic carbocycles. The highest BCUT2D eigenvalue weighted by Crippen LogP contribution is 2.22. The van der Waals surface area contributed by atoms with E-state index in [0.717, 1.165) is 12.3 Å². The number of esters is 1. The van der Waals surface area contributed by atoms with Crippen LogP contribution in [-0.4, -0.2) is 34.6 Å². The lowest BCUT2D eigenvalue weighted by Crippen LogP contribution is -2.01. The minimum Gasteiger partial charge on any atom is -0.476 e. The van der Waals surface area contributed by atoms with Crippen molar-refractivity contribution in [2.24, 2.45) is 0 Å². The molecule has 0 aliphatic rings. The summed E-state index contributed by atoms with van der Waals surface area (Å²) >= 11 is 0. The molecule has 0 bridgehead atoms. The van der Waals surface area contributed by atoms with E-state index >= 15 is 0 Å². The Kier molecular flexibility index (Phi) is 4.73. The lowest BCUT2D eigenvalue weighted by atomic mass is 10.4. The highest BCUT2D eigenvalue weighted by Gasteiger charge is 2.17. The van der Waals surface area contributed by atoms with E-state index < -0.39 is 10.9 Å². The van der Waals surface area contributed by atoms with E-state index in [0.29, 0.717) is 0 Å². The average Bonchev–Trinajstić information content (AvgIpc) is 2.36. The topological polar surface area (TPSA) is 104 Å². The van der Waals surface area contributed by atoms with E-state index in [9.17, 15) is 14.9 Å². The maximum absolute atomic E-state index is 11.0. The summed E-state index contributed by atoms with van der Waals surface area (Å²) in [6, 6.07) is 0. The standard InChI is InChI=1S/C10H11N3O5/c1-3-18-9(14)5-4-8-11-6-7(13(15)16)10(12-8)17-2/h4-6H,3H2,1-2H3/b5-4+. The van der Waals surface area contributed by atoms with Crippen LogP contribution < -0.4 is 4.74 Å². The van der Waals surface area contributed by atoms with Crippen molar-refractivity contribution in [1.29, 1.82) is 0 Å². The van der Waals surface area contributed by atoms with Gasteiger partial charge in [-0.05, 0) is 13.0 Å². The van der Waals surface area contributed by atoms with Crippen LogP contribution in [0.2, 0.25) is 0 Å². The SMILES string of the molecule is CCOC(=O)/C=C/c1ncc([N+](=O)[O-])c(OC)n1. The Balaban J connectivity index is 2.92. The zero-order valence-electron chi connectivity index (χ0n) is 9.82. The first kappa shape index (κ1) is 13.6. The van der Waals surface area contributed by atoms with Gasteiger partial charge in [0.25, 0.3) is 5.88 Å². The first-order valence-electron chi connectivity index (χ1n) is 4.98. The van der Waals surface area contributed by atoms with Crippen LogP contribution in [-0.2, 0) is 9.53 Å². The van der Waals surface area contributed by atoms with Crippen LogP contribution in [0.1, 0.15) is 12.7 Å². The zero-order valence-corrected chi connectivity index (χ0v) is 9.82. The number of aromatic nitrogens is 2. The van der Waals surface area contributed by atoms with E-state index in [2.05, 4.69) is 14.7 Å². The molecule has 18 heavy (non-hydrogen) atoms. The van der Waals surface area contributed by atoms with Gasteiger partial charge >= 0.3 is 11.7 Å². The van der Waals surface area contributed by atoms with Gasteiger partial charge in [0.15, 0.2) is 5.82 Å². The molecule has 0 N–H and O–H groups in total. The number of rotatable bonds is 5. The summed E-state index contributed by atoms with van der Waals surface area (Å²) in [6.45, 7) is 1.94. The fraction of sp³-hybridized carbons (Fsp3) is 0.300. The Bertz CT molecular complexity index is 486. The molecule has 8 nitrogen and oxygen atoms in total. The molecule has 0 aliphatic carbocycles. The van der Waals surface area contributed by atoms with Crippen LogP contribution in [0.3, 0.4) is 0 Å². The van der Waals surface area contributed by atoms with Gasteiger partial charge < -0.3 is 9.47 Å². The maximum Gasteiger partial charge on any atom is 0.349 e. The number of carbonyl (C=O) groups is 1. The van der Waals surface area contributed by atoms with E-state index in [1.54, 1.807) is 6.92 Å². The molecule has 0 radical (unpaired) electrons. The summed E-state index contributed by atoms with van der Waals surface area (Å²) < 4.78 is 9.42. The van der Waals surface area contributed by atoms with Gasteiger partial charge in [-0.3, -0.25) is 10.1 Å². The highest BCUT2D eigenvalue weighted by atomic mass is 16.6. The molecular weight excluding hydrogens is 242 g/mol. The molecule has 0 fully saturated rings. The number of methoxy groups -OCH3 is 1. The summed E-state index contributed by atoms with van der Waals surface area (Å²) in [4.78, 5) is 28.5. The second-order valence-electron chi connectivity index (χ2n) is 2.97. The number of hydrogen-bond acceptors (Lipinski definition) is 7. The molecule has 0 saturated carbocycles. The summed E-state index contributed by atoms with van der Waals surface area (Å²) in [5.41, 5.74) is -0.342. The second kappa shape index (κ2) is 6.28. The number of carbonyl (C=O) groups excluding carboxylic acids is 1. The largest absolute Gasteiger partial charge is 0.476 e. The van der Waals surface area contributed by atoms with Crippen molar-refractivity contribution >= 4 is 17.7 Å². The van der Waals surface area contributed by atoms with Crippen LogP contribution in [0.5, 0.6) is 5.88 Å². The van der Waals surface area contributed by atoms with Crippen molar-refractivity contribution in [2.75, 3.05) is 13.7 Å². The maximum atomic E-state index is 11.0. The Labute approximate surface area is 102 Å². The first-order valence-corrected chi connectivity index (χ1v) is 4.98. The normalized spacial score (nSPS) is 10.3. The highest BCUT2D eigenvalue weighted by molar-refractivity contribution is 5.86. The molecule has 0 spiro atoms. The van der Waals surface area contributed by atoms with Crippen molar-refractivity contribution in [1.82, 2.24) is 9.97 Å². The molecule has 1 aromatic rings. The quantitative estimate of drug-likeness (QED) is 0.333. The van der Waals surface area contributed by atoms with Crippen molar-refractivity contribution in [2.45, 2.75) is 6.92 Å². The second-order valence-corrected chi connectivity index (χ2v) is 2.97. The van der Waals surface area contributed by atoms with E-state index in [-0.39, 0.29) is 24.0 Å². The third-order valence-electron chi connectivity index (χ3n) is 1.80. The molecule has 0 unspecified atom stereocenters. The number of hydrogen-bond donors (Lipinski definition) is 0. The molecule has 0 atom stereocenters. The lowest BCUT2D eigenvalue weighted by molar-refractivity contribution is -0.386. The monoisotopic (exact) mass is 253 g/mol. The van der Waals surface area contributed by atoms with Gasteiger partial charge in [-0.25, -0.2) is 9.78 Å². The minimum absolute atomic E-state index is 0.116. The van der Waals surface area contributed by atoms with Crippen molar-refractivity contribution in [3.8, 4) is 5.88 Å². The predicted octanol–water partition coefficient (Wildman–Crippen LogP) is 0.970. The van der Waals surface area contributed by atoms with E-state index in [4.69, 9.17) is 4.74 Å². The van der Waals surface area contributed by atoms with Crippen LogP contribution in [0, 0.1) is 10.1 Å². The average molecular weight is 253 g/mol. The number of nitro groups is 1. The minimum atomic E-state index is -0.655. The fourth-order valence-corrected chi connectivity index (χ4v) is 1.06. The Morgan fingerprint density at radius 1 is 1.61 bits per heavy atom. The molecule has 0 aliphatic heterocycles. The van der Waals surface area contributed by atoms with Crippen LogP contribution in [0.4, 0.5) is 5.69 Å². The summed E-state index contributed by atoms with van der Waals surface area (Å²) in [6.07, 6.45) is 3.42. The van der Waals surface area contributed by atoms with Gasteiger partial charge in [0, 0.05) is 6.08 Å². The van der Waals surface area contributed by atoms with Gasteiger partial charge in [0.05, 0.1) is 18.6 Å². The summed E-state index contributed by atoms with van der Waals surface area (Å²) in [5.74, 6) is -0.595. The molecule has 8 heteroatoms. The van der Waals surface area contributed by atoms with Crippen LogP contribution in [0.15, 0.2) is 12.3 Å².